The number of carbonyl (C=O) groups excluding carboxylic acids is 1. The number of amides is 1. The third-order valence-electron chi connectivity index (χ3n) is 9.84. The fraction of sp³-hybridized carbons (Fsp3) is 0.405. The average Bonchev–Trinajstić information content (AvgIpc) is 3.54. The molecule has 3 aliphatic rings. The Kier molecular flexibility index (Phi) is 9.25. The monoisotopic (exact) mass is 649 g/mol. The van der Waals surface area contributed by atoms with Crippen molar-refractivity contribution in [2.45, 2.75) is 50.9 Å². The minimum atomic E-state index is -0.421. The number of anilines is 2. The van der Waals surface area contributed by atoms with Crippen LogP contribution in [-0.4, -0.2) is 84.3 Å². The van der Waals surface area contributed by atoms with E-state index in [1.54, 1.807) is 4.90 Å². The molecule has 48 heavy (non-hydrogen) atoms. The van der Waals surface area contributed by atoms with Gasteiger partial charge in [-0.25, -0.2) is 9.18 Å². The second kappa shape index (κ2) is 14.0. The molecule has 0 bridgehead atoms. The molecule has 4 heterocycles. The Morgan fingerprint density at radius 3 is 2.56 bits per heavy atom. The Hall–Kier alpha value is -4.95. The molecule has 4 aromatic rings. The van der Waals surface area contributed by atoms with Gasteiger partial charge in [-0.3, -0.25) is 0 Å². The molecular formula is C37H40FN7O3. The van der Waals surface area contributed by atoms with E-state index in [0.29, 0.717) is 63.2 Å². The van der Waals surface area contributed by atoms with Gasteiger partial charge in [0.1, 0.15) is 24.8 Å². The summed E-state index contributed by atoms with van der Waals surface area (Å²) in [5.41, 5.74) is 3.78. The van der Waals surface area contributed by atoms with Gasteiger partial charge >= 0.3 is 12.1 Å². The Morgan fingerprint density at radius 1 is 0.958 bits per heavy atom. The molecule has 1 aromatic heterocycles. The third kappa shape index (κ3) is 6.58. The summed E-state index contributed by atoms with van der Waals surface area (Å²) < 4.78 is 26.6. The predicted octanol–water partition coefficient (Wildman–Crippen LogP) is 5.55. The van der Waals surface area contributed by atoms with E-state index >= 15 is 0 Å². The van der Waals surface area contributed by atoms with E-state index in [2.05, 4.69) is 27.8 Å². The van der Waals surface area contributed by atoms with Crippen LogP contribution < -0.4 is 14.5 Å². The quantitative estimate of drug-likeness (QED) is 0.244. The van der Waals surface area contributed by atoms with Crippen molar-refractivity contribution in [2.75, 3.05) is 56.2 Å². The van der Waals surface area contributed by atoms with Crippen LogP contribution in [0, 0.1) is 17.1 Å². The zero-order valence-corrected chi connectivity index (χ0v) is 27.2. The minimum absolute atomic E-state index is 0.174. The van der Waals surface area contributed by atoms with Crippen LogP contribution in [0.25, 0.3) is 10.8 Å². The predicted molar refractivity (Wildman–Crippen MR) is 181 cm³/mol. The molecule has 10 nitrogen and oxygen atoms in total. The maximum Gasteiger partial charge on any atom is 0.410 e. The lowest BCUT2D eigenvalue weighted by atomic mass is 10.0. The van der Waals surface area contributed by atoms with Crippen LogP contribution in [0.1, 0.15) is 36.1 Å². The maximum atomic E-state index is 14.7. The Bertz CT molecular complexity index is 1820. The van der Waals surface area contributed by atoms with Crippen LogP contribution in [0.2, 0.25) is 0 Å². The number of hydrogen-bond donors (Lipinski definition) is 0. The van der Waals surface area contributed by atoms with Crippen molar-refractivity contribution in [3.8, 4) is 12.1 Å². The number of likely N-dealkylation sites (tertiary alicyclic amines) is 1. The molecule has 0 saturated carbocycles. The van der Waals surface area contributed by atoms with Gasteiger partial charge in [0.05, 0.1) is 30.8 Å². The Morgan fingerprint density at radius 2 is 1.77 bits per heavy atom. The third-order valence-corrected chi connectivity index (χ3v) is 9.84. The van der Waals surface area contributed by atoms with Crippen LogP contribution in [-0.2, 0) is 24.3 Å². The molecular weight excluding hydrogens is 609 g/mol. The number of fused-ring (bicyclic) bond motifs is 2. The van der Waals surface area contributed by atoms with Gasteiger partial charge in [-0.1, -0.05) is 54.6 Å². The molecule has 7 rings (SSSR count). The van der Waals surface area contributed by atoms with Crippen molar-refractivity contribution >= 4 is 28.4 Å². The minimum Gasteiger partial charge on any atom is -0.462 e. The SMILES string of the molecule is CN1CCC[C@H]1COc1nc2c(c(N3CCN(C(=O)OCc4ccccc4)[C@@H](CC#N)C3)n1)CCN(c1ccc(F)c3ccccc13)C2. The number of rotatable bonds is 8. The molecule has 2 saturated heterocycles. The van der Waals surface area contributed by atoms with Gasteiger partial charge in [-0.05, 0) is 50.6 Å². The molecule has 0 unspecified atom stereocenters. The van der Waals surface area contributed by atoms with Crippen LogP contribution in [0.4, 0.5) is 20.7 Å². The summed E-state index contributed by atoms with van der Waals surface area (Å²) in [6.07, 6.45) is 2.64. The molecule has 2 fully saturated rings. The Balaban J connectivity index is 1.15. The summed E-state index contributed by atoms with van der Waals surface area (Å²) in [5, 5.41) is 11.2. The lowest BCUT2D eigenvalue weighted by Crippen LogP contribution is -2.55. The number of likely N-dealkylation sites (N-methyl/N-ethyl adjacent to an activating group) is 1. The first kappa shape index (κ1) is 31.6. The molecule has 0 N–H and O–H groups in total. The van der Waals surface area contributed by atoms with E-state index in [1.165, 1.54) is 6.07 Å². The standard InChI is InChI=1S/C37H40FN7O3/c1-42-18-7-10-28(42)25-47-36-40-33-23-43(34-14-13-32(38)29-11-5-6-12-30(29)34)19-16-31(33)35(41-36)44-20-21-45(27(22-44)15-17-39)37(46)48-24-26-8-3-2-4-9-26/h2-6,8-9,11-14,27-28H,7,10,15-16,18-25H2,1H3/t27-,28-/m0/s1. The van der Waals surface area contributed by atoms with Crippen molar-refractivity contribution < 1.29 is 18.7 Å². The highest BCUT2D eigenvalue weighted by Crippen LogP contribution is 2.35. The van der Waals surface area contributed by atoms with Crippen LogP contribution in [0.15, 0.2) is 66.7 Å². The van der Waals surface area contributed by atoms with Crippen molar-refractivity contribution in [3.05, 3.63) is 89.4 Å². The molecule has 248 valence electrons. The summed E-state index contributed by atoms with van der Waals surface area (Å²) in [6.45, 7) is 4.32. The largest absolute Gasteiger partial charge is 0.462 e. The lowest BCUT2D eigenvalue weighted by Gasteiger charge is -2.42. The number of halogens is 1. The molecule has 3 aromatic carbocycles. The number of ether oxygens (including phenoxy) is 2. The van der Waals surface area contributed by atoms with E-state index < -0.39 is 6.09 Å². The molecule has 0 aliphatic carbocycles. The summed E-state index contributed by atoms with van der Waals surface area (Å²) in [6, 6.07) is 23.1. The number of carbonyl (C=O) groups is 1. The zero-order valence-electron chi connectivity index (χ0n) is 27.2. The highest BCUT2D eigenvalue weighted by Gasteiger charge is 2.35. The number of aromatic nitrogens is 2. The number of benzene rings is 3. The molecule has 3 aliphatic heterocycles. The van der Waals surface area contributed by atoms with Gasteiger partial charge in [0.2, 0.25) is 0 Å². The van der Waals surface area contributed by atoms with Gasteiger partial charge in [0.15, 0.2) is 0 Å². The first-order chi connectivity index (χ1) is 23.5. The van der Waals surface area contributed by atoms with Crippen LogP contribution in [0.5, 0.6) is 6.01 Å². The van der Waals surface area contributed by atoms with Crippen molar-refractivity contribution in [1.29, 1.82) is 5.26 Å². The summed E-state index contributed by atoms with van der Waals surface area (Å²) in [4.78, 5) is 31.5. The van der Waals surface area contributed by atoms with Gasteiger partial charge in [-0.15, -0.1) is 0 Å². The second-order valence-corrected chi connectivity index (χ2v) is 12.8. The van der Waals surface area contributed by atoms with E-state index in [0.717, 1.165) is 53.1 Å². The highest BCUT2D eigenvalue weighted by molar-refractivity contribution is 5.94. The van der Waals surface area contributed by atoms with E-state index in [1.807, 2.05) is 60.7 Å². The van der Waals surface area contributed by atoms with Gasteiger partial charge in [0, 0.05) is 54.2 Å². The van der Waals surface area contributed by atoms with Crippen molar-refractivity contribution in [2.24, 2.45) is 0 Å². The van der Waals surface area contributed by atoms with E-state index in [9.17, 15) is 14.4 Å². The summed E-state index contributed by atoms with van der Waals surface area (Å²) in [7, 11) is 2.12. The Labute approximate surface area is 280 Å². The fourth-order valence-corrected chi connectivity index (χ4v) is 7.17. The van der Waals surface area contributed by atoms with Crippen LogP contribution >= 0.6 is 0 Å². The number of nitriles is 1. The maximum absolute atomic E-state index is 14.7. The molecule has 0 spiro atoms. The average molecular weight is 650 g/mol. The molecule has 1 amide bonds. The summed E-state index contributed by atoms with van der Waals surface area (Å²) in [5.74, 6) is 0.553. The van der Waals surface area contributed by atoms with Gasteiger partial charge in [0.25, 0.3) is 0 Å². The van der Waals surface area contributed by atoms with Crippen molar-refractivity contribution in [1.82, 2.24) is 19.8 Å². The van der Waals surface area contributed by atoms with E-state index in [4.69, 9.17) is 19.4 Å². The zero-order chi connectivity index (χ0) is 33.0. The number of hydrogen-bond acceptors (Lipinski definition) is 9. The smallest absolute Gasteiger partial charge is 0.410 e. The first-order valence-electron chi connectivity index (χ1n) is 16.7. The normalized spacial score (nSPS) is 19.6. The van der Waals surface area contributed by atoms with Gasteiger partial charge in [-0.2, -0.15) is 15.2 Å². The second-order valence-electron chi connectivity index (χ2n) is 12.8. The highest BCUT2D eigenvalue weighted by atomic mass is 19.1. The van der Waals surface area contributed by atoms with Gasteiger partial charge < -0.3 is 29.1 Å². The summed E-state index contributed by atoms with van der Waals surface area (Å²) >= 11 is 0. The molecule has 0 radical (unpaired) electrons. The molecule has 11 heteroatoms. The first-order valence-corrected chi connectivity index (χ1v) is 16.7. The lowest BCUT2D eigenvalue weighted by molar-refractivity contribution is 0.0767. The van der Waals surface area contributed by atoms with Crippen molar-refractivity contribution in [3.63, 3.8) is 0 Å². The fourth-order valence-electron chi connectivity index (χ4n) is 7.17. The molecule has 2 atom stereocenters. The van der Waals surface area contributed by atoms with Crippen LogP contribution in [0.3, 0.4) is 0 Å². The van der Waals surface area contributed by atoms with E-state index in [-0.39, 0.29) is 24.9 Å². The number of piperazine rings is 1. The topological polar surface area (TPSA) is 98.1 Å². The number of nitrogens with zero attached hydrogens (tertiary/aromatic N) is 7.